The molecule has 1 heterocycles. The van der Waals surface area contributed by atoms with Crippen LogP contribution >= 0.6 is 0 Å². The van der Waals surface area contributed by atoms with Crippen molar-refractivity contribution in [2.75, 3.05) is 60.1 Å². The van der Waals surface area contributed by atoms with Crippen molar-refractivity contribution in [1.29, 1.82) is 0 Å². The summed E-state index contributed by atoms with van der Waals surface area (Å²) in [4.78, 5) is 2.99. The Balaban J connectivity index is 0.00000240. The lowest BCUT2D eigenvalue weighted by Gasteiger charge is -2.32. The van der Waals surface area contributed by atoms with Crippen molar-refractivity contribution in [2.24, 2.45) is 0 Å². The van der Waals surface area contributed by atoms with Crippen LogP contribution in [0.3, 0.4) is 0 Å². The minimum absolute atomic E-state index is 0. The minimum Gasteiger partial charge on any atom is -1.00 e. The first-order chi connectivity index (χ1) is 14.2. The molecule has 2 aromatic carbocycles. The Morgan fingerprint density at radius 2 is 1.35 bits per heavy atom. The van der Waals surface area contributed by atoms with Gasteiger partial charge < -0.3 is 53.9 Å². The molecular weight excluding hydrogens is 439 g/mol. The molecule has 0 amide bonds. The maximum Gasteiger partial charge on any atom is 0.161 e. The van der Waals surface area contributed by atoms with Gasteiger partial charge in [-0.1, -0.05) is 42.5 Å². The van der Waals surface area contributed by atoms with Gasteiger partial charge in [-0.15, -0.1) is 0 Å². The van der Waals surface area contributed by atoms with Crippen LogP contribution in [0.1, 0.15) is 11.7 Å². The van der Waals surface area contributed by atoms with Crippen molar-refractivity contribution in [3.63, 3.8) is 0 Å². The highest BCUT2D eigenvalue weighted by Gasteiger charge is 2.27. The first kappa shape index (κ1) is 27.5. The van der Waals surface area contributed by atoms with Gasteiger partial charge in [0.05, 0.1) is 7.11 Å². The molecule has 3 N–H and O–H groups in total. The van der Waals surface area contributed by atoms with E-state index in [1.54, 1.807) is 19.1 Å². The van der Waals surface area contributed by atoms with Gasteiger partial charge in [0.1, 0.15) is 58.1 Å². The summed E-state index contributed by atoms with van der Waals surface area (Å²) in [6.07, 6.45) is -0.361. The number of nitrogens with one attached hydrogen (secondary N) is 2. The Morgan fingerprint density at radius 3 is 1.94 bits per heavy atom. The van der Waals surface area contributed by atoms with Crippen LogP contribution in [0.2, 0.25) is 0 Å². The molecule has 1 aliphatic rings. The fourth-order valence-corrected chi connectivity index (χ4v) is 3.95. The maximum absolute atomic E-state index is 10.4. The number of methoxy groups -OCH3 is 2. The van der Waals surface area contributed by atoms with Gasteiger partial charge in [0.2, 0.25) is 0 Å². The lowest BCUT2D eigenvalue weighted by molar-refractivity contribution is -1.01. The van der Waals surface area contributed by atoms with Gasteiger partial charge in [0.25, 0.3) is 0 Å². The molecule has 1 fully saturated rings. The SMILES string of the molecule is COc1ccccc1OCC(O)C[NH+]1CC[NH+](CC(OC)c2ccccc2)CC1.[Cl-].[Cl-]. The summed E-state index contributed by atoms with van der Waals surface area (Å²) in [5, 5.41) is 10.4. The third-order valence-corrected chi connectivity index (χ3v) is 5.62. The molecule has 3 rings (SSSR count). The highest BCUT2D eigenvalue weighted by atomic mass is 35.5. The van der Waals surface area contributed by atoms with E-state index in [0.717, 1.165) is 32.7 Å². The van der Waals surface area contributed by atoms with Crippen LogP contribution < -0.4 is 44.1 Å². The van der Waals surface area contributed by atoms with Gasteiger partial charge >= 0.3 is 0 Å². The molecule has 2 unspecified atom stereocenters. The minimum atomic E-state index is -0.493. The van der Waals surface area contributed by atoms with Crippen LogP contribution in [0.5, 0.6) is 11.5 Å². The van der Waals surface area contributed by atoms with Crippen LogP contribution in [0.15, 0.2) is 54.6 Å². The molecule has 0 aromatic heterocycles. The van der Waals surface area contributed by atoms with E-state index in [0.29, 0.717) is 18.0 Å². The Labute approximate surface area is 197 Å². The Kier molecular flexibility index (Phi) is 12.9. The molecule has 0 radical (unpaired) electrons. The van der Waals surface area contributed by atoms with Crippen molar-refractivity contribution in [2.45, 2.75) is 12.2 Å². The number of quaternary nitrogens is 2. The van der Waals surface area contributed by atoms with Gasteiger partial charge in [0, 0.05) is 7.11 Å². The van der Waals surface area contributed by atoms with Crippen molar-refractivity contribution in [1.82, 2.24) is 0 Å². The molecule has 31 heavy (non-hydrogen) atoms. The highest BCUT2D eigenvalue weighted by Crippen LogP contribution is 2.25. The number of hydrogen-bond acceptors (Lipinski definition) is 4. The van der Waals surface area contributed by atoms with Crippen molar-refractivity contribution in [3.8, 4) is 11.5 Å². The molecule has 2 aromatic rings. The molecule has 0 spiro atoms. The van der Waals surface area contributed by atoms with Crippen molar-refractivity contribution >= 4 is 0 Å². The second-order valence-corrected chi connectivity index (χ2v) is 7.66. The summed E-state index contributed by atoms with van der Waals surface area (Å²) in [6, 6.07) is 18.0. The summed E-state index contributed by atoms with van der Waals surface area (Å²) in [5.74, 6) is 1.36. The van der Waals surface area contributed by atoms with E-state index in [2.05, 4.69) is 24.3 Å². The van der Waals surface area contributed by atoms with Crippen LogP contribution in [-0.4, -0.2) is 71.3 Å². The Morgan fingerprint density at radius 1 is 0.806 bits per heavy atom. The van der Waals surface area contributed by atoms with Gasteiger partial charge in [-0.3, -0.25) is 0 Å². The van der Waals surface area contributed by atoms with Crippen LogP contribution in [0.4, 0.5) is 0 Å². The zero-order valence-corrected chi connectivity index (χ0v) is 19.7. The van der Waals surface area contributed by atoms with E-state index < -0.39 is 6.10 Å². The normalized spacial score (nSPS) is 20.0. The van der Waals surface area contributed by atoms with Crippen LogP contribution in [0, 0.1) is 0 Å². The lowest BCUT2D eigenvalue weighted by Crippen LogP contribution is -3.28. The monoisotopic (exact) mass is 472 g/mol. The maximum atomic E-state index is 10.4. The predicted octanol–water partition coefficient (Wildman–Crippen LogP) is -6.39. The molecule has 174 valence electrons. The molecule has 8 heteroatoms. The highest BCUT2D eigenvalue weighted by molar-refractivity contribution is 5.39. The fraction of sp³-hybridized carbons (Fsp3) is 0.478. The molecular formula is C23H34Cl2N2O4. The molecule has 0 bridgehead atoms. The summed E-state index contributed by atoms with van der Waals surface area (Å²) >= 11 is 0. The van der Waals surface area contributed by atoms with Crippen LogP contribution in [-0.2, 0) is 4.74 Å². The van der Waals surface area contributed by atoms with E-state index in [-0.39, 0.29) is 37.5 Å². The van der Waals surface area contributed by atoms with E-state index >= 15 is 0 Å². The number of benzene rings is 2. The second kappa shape index (κ2) is 14.5. The largest absolute Gasteiger partial charge is 1.00 e. The lowest BCUT2D eigenvalue weighted by atomic mass is 10.1. The Bertz CT molecular complexity index is 731. The van der Waals surface area contributed by atoms with Crippen LogP contribution in [0.25, 0.3) is 0 Å². The topological polar surface area (TPSA) is 56.8 Å². The molecule has 0 saturated carbocycles. The zero-order chi connectivity index (χ0) is 20.5. The number of aliphatic hydroxyl groups is 1. The molecule has 6 nitrogen and oxygen atoms in total. The predicted molar refractivity (Wildman–Crippen MR) is 112 cm³/mol. The Hall–Kier alpha value is -1.54. The summed E-state index contributed by atoms with van der Waals surface area (Å²) in [7, 11) is 3.41. The number of para-hydroxylation sites is 2. The third kappa shape index (κ3) is 8.48. The average Bonchev–Trinajstić information content (AvgIpc) is 2.78. The number of rotatable bonds is 10. The van der Waals surface area contributed by atoms with Gasteiger partial charge in [-0.2, -0.15) is 0 Å². The van der Waals surface area contributed by atoms with Crippen molar-refractivity contribution < 1.29 is 53.9 Å². The van der Waals surface area contributed by atoms with E-state index in [9.17, 15) is 5.11 Å². The number of halogens is 2. The first-order valence-corrected chi connectivity index (χ1v) is 10.4. The summed E-state index contributed by atoms with van der Waals surface area (Å²) < 4.78 is 16.8. The standard InChI is InChI=1S/C23H32N2O4.2ClH/c1-27-21-10-6-7-11-22(21)29-18-20(26)16-24-12-14-25(15-13-24)17-23(28-2)19-8-4-3-5-9-19;;/h3-11,20,23,26H,12-18H2,1-2H3;2*1H. The van der Waals surface area contributed by atoms with Gasteiger partial charge in [-0.25, -0.2) is 0 Å². The van der Waals surface area contributed by atoms with E-state index in [1.807, 2.05) is 30.3 Å². The molecule has 1 saturated heterocycles. The van der Waals surface area contributed by atoms with E-state index in [4.69, 9.17) is 14.2 Å². The van der Waals surface area contributed by atoms with Gasteiger partial charge in [-0.05, 0) is 17.7 Å². The van der Waals surface area contributed by atoms with E-state index in [1.165, 1.54) is 10.5 Å². The molecule has 2 atom stereocenters. The summed E-state index contributed by atoms with van der Waals surface area (Å²) in [6.45, 7) is 6.23. The number of piperazine rings is 1. The summed E-state index contributed by atoms with van der Waals surface area (Å²) in [5.41, 5.74) is 1.24. The fourth-order valence-electron chi connectivity index (χ4n) is 3.95. The van der Waals surface area contributed by atoms with Crippen molar-refractivity contribution in [3.05, 3.63) is 60.2 Å². The quantitative estimate of drug-likeness (QED) is 0.322. The zero-order valence-electron chi connectivity index (χ0n) is 18.2. The first-order valence-electron chi connectivity index (χ1n) is 10.4. The number of aliphatic hydroxyl groups excluding tert-OH is 1. The second-order valence-electron chi connectivity index (χ2n) is 7.66. The number of ether oxygens (including phenoxy) is 3. The third-order valence-electron chi connectivity index (χ3n) is 5.62. The average molecular weight is 473 g/mol. The molecule has 0 aliphatic carbocycles. The molecule has 1 aliphatic heterocycles. The van der Waals surface area contributed by atoms with Gasteiger partial charge in [0.15, 0.2) is 11.5 Å². The number of hydrogen-bond donors (Lipinski definition) is 3. The smallest absolute Gasteiger partial charge is 0.161 e.